The second-order valence-corrected chi connectivity index (χ2v) is 8.90. The summed E-state index contributed by atoms with van der Waals surface area (Å²) in [6.45, 7) is 5.36. The smallest absolute Gasteiger partial charge is 0.394 e. The minimum atomic E-state index is -4.67. The number of Topliss-reactive ketones (excluding diaryl/α,β-unsaturated/α-hetero) is 1. The molecule has 4 N–H and O–H groups in total. The molecule has 2 fully saturated rings. The number of ether oxygens (including phenoxy) is 1. The number of ketones is 1. The van der Waals surface area contributed by atoms with E-state index in [0.717, 1.165) is 24.2 Å². The third kappa shape index (κ3) is 2.82. The van der Waals surface area contributed by atoms with Crippen molar-refractivity contribution in [2.75, 3.05) is 13.1 Å². The lowest BCUT2D eigenvalue weighted by Crippen LogP contribution is -2.76. The molecule has 9 nitrogen and oxygen atoms in total. The van der Waals surface area contributed by atoms with Crippen LogP contribution in [-0.2, 0) is 27.0 Å². The molecule has 5 rings (SSSR count). The van der Waals surface area contributed by atoms with E-state index in [1.54, 1.807) is 6.07 Å². The van der Waals surface area contributed by atoms with Gasteiger partial charge in [0.05, 0.1) is 11.0 Å². The fourth-order valence-corrected chi connectivity index (χ4v) is 5.80. The third-order valence-corrected chi connectivity index (χ3v) is 6.73. The molecule has 2 aliphatic carbocycles. The number of piperidine rings is 1. The maximum absolute atomic E-state index is 12.6. The Balaban J connectivity index is 0.000000369. The Morgan fingerprint density at radius 3 is 2.66 bits per heavy atom. The summed E-state index contributed by atoms with van der Waals surface area (Å²) in [7, 11) is -4.67. The minimum absolute atomic E-state index is 0.0408. The number of aromatic hydroxyl groups is 1. The standard InChI is InChI=1S/C19H21NO4.H2O4S/c1-2-8-20-9-7-18-15-11-3-4-12(21)16(15)24-17(18)13(22)5-6-19(18,23)14(20)10-11;1-5(2,3)4/h2-4,14,17,21,23H,1,5-10H2;(H2,1,2,3,4)/t14-,17+,18+,19-;/m1./s1. The first kappa shape index (κ1) is 20.3. The highest BCUT2D eigenvalue weighted by Gasteiger charge is 2.73. The van der Waals surface area contributed by atoms with Crippen LogP contribution >= 0.6 is 0 Å². The predicted octanol–water partition coefficient (Wildman–Crippen LogP) is 0.649. The quantitative estimate of drug-likeness (QED) is 0.396. The summed E-state index contributed by atoms with van der Waals surface area (Å²) in [4.78, 5) is 14.9. The molecule has 1 saturated carbocycles. The van der Waals surface area contributed by atoms with Crippen LogP contribution in [0.5, 0.6) is 11.5 Å². The Morgan fingerprint density at radius 2 is 2.00 bits per heavy atom. The fourth-order valence-electron chi connectivity index (χ4n) is 5.80. The molecule has 10 heteroatoms. The topological polar surface area (TPSA) is 145 Å². The van der Waals surface area contributed by atoms with Gasteiger partial charge in [-0.05, 0) is 30.9 Å². The minimum Gasteiger partial charge on any atom is -0.504 e. The molecule has 2 aliphatic heterocycles. The molecule has 1 aromatic rings. The number of carbonyl (C=O) groups excluding carboxylic acids is 1. The SMILES string of the molecule is C=CCN1CC[C@]23c4c5ccc(O)c4O[C@H]2C(=O)CC[C@@]3(O)[C@H]1C5.O=S(=O)(O)O. The van der Waals surface area contributed by atoms with E-state index < -0.39 is 27.5 Å². The zero-order chi connectivity index (χ0) is 21.2. The highest BCUT2D eigenvalue weighted by Crippen LogP contribution is 2.64. The molecule has 0 radical (unpaired) electrons. The largest absolute Gasteiger partial charge is 0.504 e. The Kier molecular flexibility index (Phi) is 4.56. The summed E-state index contributed by atoms with van der Waals surface area (Å²) in [5, 5.41) is 22.1. The number of hydrogen-bond acceptors (Lipinski definition) is 7. The molecule has 29 heavy (non-hydrogen) atoms. The molecule has 1 saturated heterocycles. The maximum atomic E-state index is 12.6. The number of likely N-dealkylation sites (tertiary alicyclic amines) is 1. The van der Waals surface area contributed by atoms with Crippen molar-refractivity contribution < 1.29 is 37.3 Å². The Bertz CT molecular complexity index is 984. The first-order chi connectivity index (χ1) is 13.5. The van der Waals surface area contributed by atoms with E-state index in [4.69, 9.17) is 22.3 Å². The van der Waals surface area contributed by atoms with Crippen molar-refractivity contribution in [3.63, 3.8) is 0 Å². The molecule has 158 valence electrons. The van der Waals surface area contributed by atoms with E-state index in [1.807, 2.05) is 12.1 Å². The number of rotatable bonds is 2. The van der Waals surface area contributed by atoms with Crippen molar-refractivity contribution in [3.05, 3.63) is 35.9 Å². The number of carbonyl (C=O) groups is 1. The van der Waals surface area contributed by atoms with Gasteiger partial charge in [0.1, 0.15) is 0 Å². The van der Waals surface area contributed by atoms with Gasteiger partial charge < -0.3 is 14.9 Å². The van der Waals surface area contributed by atoms with Crippen molar-refractivity contribution in [2.45, 2.75) is 48.8 Å². The van der Waals surface area contributed by atoms with Gasteiger partial charge in [0.2, 0.25) is 0 Å². The number of aliphatic hydroxyl groups is 1. The monoisotopic (exact) mass is 425 g/mol. The van der Waals surface area contributed by atoms with Crippen LogP contribution in [0.4, 0.5) is 0 Å². The Hall–Kier alpha value is -1.98. The number of nitrogens with zero attached hydrogens (tertiary/aromatic N) is 1. The van der Waals surface area contributed by atoms with Crippen LogP contribution in [-0.4, -0.2) is 69.3 Å². The lowest BCUT2D eigenvalue weighted by atomic mass is 9.49. The lowest BCUT2D eigenvalue weighted by Gasteiger charge is -2.62. The number of phenolic OH excluding ortho intramolecular Hbond substituents is 1. The van der Waals surface area contributed by atoms with Gasteiger partial charge >= 0.3 is 10.4 Å². The summed E-state index contributed by atoms with van der Waals surface area (Å²) in [5.74, 6) is 0.528. The maximum Gasteiger partial charge on any atom is 0.394 e. The van der Waals surface area contributed by atoms with Crippen LogP contribution in [0, 0.1) is 0 Å². The summed E-state index contributed by atoms with van der Waals surface area (Å²) in [6.07, 6.45) is 3.35. The second kappa shape index (κ2) is 6.51. The van der Waals surface area contributed by atoms with E-state index >= 15 is 0 Å². The van der Waals surface area contributed by atoms with Crippen molar-refractivity contribution in [1.82, 2.24) is 4.90 Å². The highest BCUT2D eigenvalue weighted by atomic mass is 32.3. The Labute approximate surface area is 168 Å². The van der Waals surface area contributed by atoms with Crippen LogP contribution in [0.25, 0.3) is 0 Å². The molecule has 0 amide bonds. The van der Waals surface area contributed by atoms with Gasteiger partial charge in [-0.2, -0.15) is 8.42 Å². The van der Waals surface area contributed by atoms with Crippen LogP contribution in [0.1, 0.15) is 30.4 Å². The average Bonchev–Trinajstić information content (AvgIpc) is 2.97. The van der Waals surface area contributed by atoms with Crippen LogP contribution in [0.2, 0.25) is 0 Å². The van der Waals surface area contributed by atoms with Crippen molar-refractivity contribution in [2.24, 2.45) is 0 Å². The molecular formula is C19H23NO8S. The van der Waals surface area contributed by atoms with E-state index in [1.165, 1.54) is 0 Å². The molecule has 4 aliphatic rings. The fraction of sp³-hybridized carbons (Fsp3) is 0.526. The third-order valence-electron chi connectivity index (χ3n) is 6.73. The normalized spacial score (nSPS) is 34.5. The number of hydrogen-bond donors (Lipinski definition) is 4. The van der Waals surface area contributed by atoms with E-state index in [2.05, 4.69) is 11.5 Å². The molecule has 0 aromatic heterocycles. The number of benzene rings is 1. The Morgan fingerprint density at radius 1 is 1.31 bits per heavy atom. The molecule has 2 bridgehead atoms. The van der Waals surface area contributed by atoms with Gasteiger partial charge in [-0.1, -0.05) is 12.1 Å². The van der Waals surface area contributed by atoms with Crippen LogP contribution in [0.3, 0.4) is 0 Å². The zero-order valence-corrected chi connectivity index (χ0v) is 16.4. The van der Waals surface area contributed by atoms with Crippen LogP contribution < -0.4 is 4.74 Å². The average molecular weight is 425 g/mol. The van der Waals surface area contributed by atoms with Gasteiger partial charge in [-0.3, -0.25) is 18.8 Å². The summed E-state index contributed by atoms with van der Waals surface area (Å²) in [6, 6.07) is 3.52. The summed E-state index contributed by atoms with van der Waals surface area (Å²) < 4.78 is 37.6. The molecule has 0 unspecified atom stereocenters. The van der Waals surface area contributed by atoms with E-state index in [9.17, 15) is 15.0 Å². The molecule has 1 aromatic carbocycles. The highest BCUT2D eigenvalue weighted by molar-refractivity contribution is 7.79. The summed E-state index contributed by atoms with van der Waals surface area (Å²) >= 11 is 0. The van der Waals surface area contributed by atoms with Gasteiger partial charge in [-0.15, -0.1) is 6.58 Å². The lowest BCUT2D eigenvalue weighted by molar-refractivity contribution is -0.187. The molecule has 1 spiro atoms. The molecular weight excluding hydrogens is 402 g/mol. The molecule has 2 heterocycles. The first-order valence-corrected chi connectivity index (χ1v) is 10.7. The van der Waals surface area contributed by atoms with Gasteiger partial charge in [-0.25, -0.2) is 0 Å². The van der Waals surface area contributed by atoms with Crippen molar-refractivity contribution in [1.29, 1.82) is 0 Å². The van der Waals surface area contributed by atoms with E-state index in [-0.39, 0.29) is 17.6 Å². The van der Waals surface area contributed by atoms with Crippen molar-refractivity contribution in [3.8, 4) is 11.5 Å². The molecule has 4 atom stereocenters. The van der Waals surface area contributed by atoms with Gasteiger partial charge in [0.15, 0.2) is 23.4 Å². The second-order valence-electron chi connectivity index (χ2n) is 8.01. The first-order valence-electron chi connectivity index (χ1n) is 9.35. The van der Waals surface area contributed by atoms with Crippen LogP contribution in [0.15, 0.2) is 24.8 Å². The van der Waals surface area contributed by atoms with E-state index in [0.29, 0.717) is 31.4 Å². The van der Waals surface area contributed by atoms with Gasteiger partial charge in [0, 0.05) is 31.1 Å². The van der Waals surface area contributed by atoms with Crippen molar-refractivity contribution >= 4 is 16.2 Å². The number of phenols is 1. The zero-order valence-electron chi connectivity index (χ0n) is 15.6. The van der Waals surface area contributed by atoms with Gasteiger partial charge in [0.25, 0.3) is 0 Å². The predicted molar refractivity (Wildman–Crippen MR) is 101 cm³/mol. The summed E-state index contributed by atoms with van der Waals surface area (Å²) in [5.41, 5.74) is 0.256.